The number of piperidine rings is 1. The number of anilines is 1. The summed E-state index contributed by atoms with van der Waals surface area (Å²) in [6.07, 6.45) is 2.28. The van der Waals surface area contributed by atoms with E-state index in [2.05, 4.69) is 5.32 Å². The fourth-order valence-electron chi connectivity index (χ4n) is 3.18. The van der Waals surface area contributed by atoms with Gasteiger partial charge in [0.15, 0.2) is 0 Å². The van der Waals surface area contributed by atoms with Crippen LogP contribution in [0.3, 0.4) is 0 Å². The maximum atomic E-state index is 13.6. The van der Waals surface area contributed by atoms with Crippen LogP contribution in [0.1, 0.15) is 12.8 Å². The van der Waals surface area contributed by atoms with Gasteiger partial charge in [0.25, 0.3) is 0 Å². The van der Waals surface area contributed by atoms with Crippen LogP contribution >= 0.6 is 0 Å². The molecule has 0 radical (unpaired) electrons. The van der Waals surface area contributed by atoms with Crippen molar-refractivity contribution in [3.05, 3.63) is 34.1 Å². The number of hydrogen-bond donors (Lipinski definition) is 1. The average molecular weight is 265 g/mol. The van der Waals surface area contributed by atoms with Gasteiger partial charge in [0, 0.05) is 19.1 Å². The molecule has 2 atom stereocenters. The number of nitrogens with one attached hydrogen (secondary N) is 1. The van der Waals surface area contributed by atoms with Crippen LogP contribution in [0.5, 0.6) is 0 Å². The van der Waals surface area contributed by atoms with Gasteiger partial charge in [0.05, 0.1) is 4.92 Å². The first-order valence-electron chi connectivity index (χ1n) is 6.58. The van der Waals surface area contributed by atoms with Crippen LogP contribution in [-0.2, 0) is 0 Å². The molecule has 5 nitrogen and oxygen atoms in total. The van der Waals surface area contributed by atoms with Crippen LogP contribution in [0.25, 0.3) is 0 Å². The predicted octanol–water partition coefficient (Wildman–Crippen LogP) is 1.92. The zero-order valence-corrected chi connectivity index (χ0v) is 10.5. The van der Waals surface area contributed by atoms with E-state index in [0.29, 0.717) is 17.6 Å². The van der Waals surface area contributed by atoms with E-state index in [1.807, 2.05) is 4.90 Å². The third kappa shape index (κ3) is 2.16. The standard InChI is InChI=1S/C13H16FN3O2/c14-10-4-1-5-12(13(10)17(18)19)16-7-9-3-2-6-15-11(9)8-16/h1,4-5,9,11,15H,2-3,6-8H2/t9-,11+/m0/s1. The lowest BCUT2D eigenvalue weighted by molar-refractivity contribution is -0.386. The fourth-order valence-corrected chi connectivity index (χ4v) is 3.18. The Bertz CT molecular complexity index is 495. The summed E-state index contributed by atoms with van der Waals surface area (Å²) >= 11 is 0. The molecule has 0 bridgehead atoms. The molecule has 2 aliphatic heterocycles. The second-order valence-electron chi connectivity index (χ2n) is 5.23. The molecule has 0 amide bonds. The summed E-state index contributed by atoms with van der Waals surface area (Å²) in [5, 5.41) is 14.5. The average Bonchev–Trinajstić information content (AvgIpc) is 2.81. The van der Waals surface area contributed by atoms with Crippen LogP contribution in [0.2, 0.25) is 0 Å². The molecule has 19 heavy (non-hydrogen) atoms. The van der Waals surface area contributed by atoms with Crippen LogP contribution in [0.15, 0.2) is 18.2 Å². The minimum Gasteiger partial charge on any atom is -0.364 e. The largest absolute Gasteiger partial charge is 0.364 e. The molecule has 2 aliphatic rings. The SMILES string of the molecule is O=[N+]([O-])c1c(F)cccc1N1C[C@@H]2CCCN[C@@H]2C1. The predicted molar refractivity (Wildman–Crippen MR) is 69.8 cm³/mol. The molecule has 1 aromatic rings. The van der Waals surface area contributed by atoms with Crippen molar-refractivity contribution in [3.8, 4) is 0 Å². The molecule has 2 fully saturated rings. The highest BCUT2D eigenvalue weighted by Gasteiger charge is 2.37. The van der Waals surface area contributed by atoms with E-state index in [1.54, 1.807) is 6.07 Å². The van der Waals surface area contributed by atoms with Crippen LogP contribution < -0.4 is 10.2 Å². The van der Waals surface area contributed by atoms with E-state index in [9.17, 15) is 14.5 Å². The monoisotopic (exact) mass is 265 g/mol. The van der Waals surface area contributed by atoms with Gasteiger partial charge in [-0.25, -0.2) is 0 Å². The quantitative estimate of drug-likeness (QED) is 0.655. The Hall–Kier alpha value is -1.69. The normalized spacial score (nSPS) is 26.3. The molecule has 102 valence electrons. The Morgan fingerprint density at radius 2 is 2.26 bits per heavy atom. The van der Waals surface area contributed by atoms with Gasteiger partial charge < -0.3 is 10.2 Å². The summed E-state index contributed by atoms with van der Waals surface area (Å²) in [5.74, 6) is -0.248. The van der Waals surface area contributed by atoms with Crippen molar-refractivity contribution in [2.75, 3.05) is 24.5 Å². The van der Waals surface area contributed by atoms with Gasteiger partial charge in [0.1, 0.15) is 5.69 Å². The summed E-state index contributed by atoms with van der Waals surface area (Å²) in [6.45, 7) is 2.48. The number of hydrogen-bond acceptors (Lipinski definition) is 4. The number of nitro groups is 1. The molecule has 3 rings (SSSR count). The van der Waals surface area contributed by atoms with Crippen molar-refractivity contribution in [2.24, 2.45) is 5.92 Å². The van der Waals surface area contributed by atoms with Crippen LogP contribution in [0.4, 0.5) is 15.8 Å². The molecule has 0 aliphatic carbocycles. The lowest BCUT2D eigenvalue weighted by Crippen LogP contribution is -2.40. The molecule has 2 saturated heterocycles. The van der Waals surface area contributed by atoms with E-state index < -0.39 is 16.4 Å². The molecule has 6 heteroatoms. The Balaban J connectivity index is 1.91. The smallest absolute Gasteiger partial charge is 0.327 e. The van der Waals surface area contributed by atoms with Gasteiger partial charge in [-0.1, -0.05) is 6.07 Å². The van der Waals surface area contributed by atoms with Gasteiger partial charge in [-0.05, 0) is 37.4 Å². The van der Waals surface area contributed by atoms with E-state index >= 15 is 0 Å². The van der Waals surface area contributed by atoms with Crippen molar-refractivity contribution in [1.82, 2.24) is 5.32 Å². The van der Waals surface area contributed by atoms with Gasteiger partial charge >= 0.3 is 5.69 Å². The van der Waals surface area contributed by atoms with Gasteiger partial charge in [0.2, 0.25) is 5.82 Å². The number of benzene rings is 1. The molecule has 0 aromatic heterocycles. The Labute approximate surface area is 110 Å². The number of fused-ring (bicyclic) bond motifs is 1. The molecular weight excluding hydrogens is 249 g/mol. The second kappa shape index (κ2) is 4.77. The first-order chi connectivity index (χ1) is 9.16. The number of nitro benzene ring substituents is 1. The van der Waals surface area contributed by atoms with Crippen molar-refractivity contribution < 1.29 is 9.31 Å². The highest BCUT2D eigenvalue weighted by Crippen LogP contribution is 2.35. The lowest BCUT2D eigenvalue weighted by Gasteiger charge is -2.24. The van der Waals surface area contributed by atoms with E-state index in [0.717, 1.165) is 38.5 Å². The van der Waals surface area contributed by atoms with Crippen molar-refractivity contribution >= 4 is 11.4 Å². The molecular formula is C13H16FN3O2. The third-order valence-corrected chi connectivity index (χ3v) is 4.09. The maximum Gasteiger partial charge on any atom is 0.327 e. The molecule has 0 unspecified atom stereocenters. The summed E-state index contributed by atoms with van der Waals surface area (Å²) in [4.78, 5) is 12.4. The van der Waals surface area contributed by atoms with Crippen molar-refractivity contribution in [2.45, 2.75) is 18.9 Å². The summed E-state index contributed by atoms with van der Waals surface area (Å²) in [7, 11) is 0. The first kappa shape index (κ1) is 12.3. The van der Waals surface area contributed by atoms with Crippen LogP contribution in [0, 0.1) is 21.8 Å². The number of para-hydroxylation sites is 1. The second-order valence-corrected chi connectivity index (χ2v) is 5.23. The fraction of sp³-hybridized carbons (Fsp3) is 0.538. The highest BCUT2D eigenvalue weighted by atomic mass is 19.1. The zero-order chi connectivity index (χ0) is 13.4. The minimum absolute atomic E-state index is 0.372. The van der Waals surface area contributed by atoms with Crippen LogP contribution in [-0.4, -0.2) is 30.6 Å². The minimum atomic E-state index is -0.759. The number of halogens is 1. The summed E-state index contributed by atoms with van der Waals surface area (Å²) in [6, 6.07) is 4.69. The molecule has 1 aromatic carbocycles. The van der Waals surface area contributed by atoms with Gasteiger partial charge in [-0.15, -0.1) is 0 Å². The highest BCUT2D eigenvalue weighted by molar-refractivity contribution is 5.64. The molecule has 0 spiro atoms. The lowest BCUT2D eigenvalue weighted by atomic mass is 9.94. The number of nitrogens with zero attached hydrogens (tertiary/aromatic N) is 2. The van der Waals surface area contributed by atoms with Crippen molar-refractivity contribution in [1.29, 1.82) is 0 Å². The number of rotatable bonds is 2. The Morgan fingerprint density at radius 3 is 3.00 bits per heavy atom. The molecule has 1 N–H and O–H groups in total. The third-order valence-electron chi connectivity index (χ3n) is 4.09. The Morgan fingerprint density at radius 1 is 1.42 bits per heavy atom. The van der Waals surface area contributed by atoms with Gasteiger partial charge in [-0.2, -0.15) is 4.39 Å². The van der Waals surface area contributed by atoms with E-state index in [1.165, 1.54) is 6.07 Å². The maximum absolute atomic E-state index is 13.6. The molecule has 0 saturated carbocycles. The van der Waals surface area contributed by atoms with Gasteiger partial charge in [-0.3, -0.25) is 10.1 Å². The first-order valence-corrected chi connectivity index (χ1v) is 6.58. The zero-order valence-electron chi connectivity index (χ0n) is 10.5. The van der Waals surface area contributed by atoms with E-state index in [4.69, 9.17) is 0 Å². The molecule has 2 heterocycles. The topological polar surface area (TPSA) is 58.4 Å². The summed E-state index contributed by atoms with van der Waals surface area (Å²) < 4.78 is 13.6. The van der Waals surface area contributed by atoms with E-state index in [-0.39, 0.29) is 0 Å². The Kier molecular flexibility index (Phi) is 3.10. The van der Waals surface area contributed by atoms with Crippen molar-refractivity contribution in [3.63, 3.8) is 0 Å². The summed E-state index contributed by atoms with van der Waals surface area (Å²) in [5.41, 5.74) is 0.00217.